The zero-order valence-electron chi connectivity index (χ0n) is 14.8. The summed E-state index contributed by atoms with van der Waals surface area (Å²) in [7, 11) is 0. The fourth-order valence-electron chi connectivity index (χ4n) is 2.64. The van der Waals surface area contributed by atoms with Gasteiger partial charge in [-0.05, 0) is 55.7 Å². The van der Waals surface area contributed by atoms with E-state index in [4.69, 9.17) is 23.2 Å². The molecule has 7 heteroatoms. The Bertz CT molecular complexity index is 891. The molecule has 140 valence electrons. The third kappa shape index (κ3) is 4.87. The number of nitrogens with one attached hydrogen (secondary N) is 2. The fraction of sp³-hybridized carbons (Fsp3) is 0.250. The molecule has 1 aliphatic rings. The fourth-order valence-corrected chi connectivity index (χ4v) is 3.14. The first-order valence-electron chi connectivity index (χ1n) is 8.65. The Hall–Kier alpha value is -2.37. The highest BCUT2D eigenvalue weighted by atomic mass is 35.5. The average Bonchev–Trinajstić information content (AvgIpc) is 2.58. The first-order valence-corrected chi connectivity index (χ1v) is 9.40. The molecule has 0 aliphatic heterocycles. The third-order valence-electron chi connectivity index (χ3n) is 4.55. The lowest BCUT2D eigenvalue weighted by Crippen LogP contribution is -2.28. The number of carbonyl (C=O) groups excluding carboxylic acids is 2. The van der Waals surface area contributed by atoms with Crippen molar-refractivity contribution in [3.8, 4) is 0 Å². The van der Waals surface area contributed by atoms with Crippen LogP contribution in [0.5, 0.6) is 0 Å². The molecule has 0 unspecified atom stereocenters. The summed E-state index contributed by atoms with van der Waals surface area (Å²) >= 11 is 11.9. The van der Waals surface area contributed by atoms with E-state index >= 15 is 0 Å². The van der Waals surface area contributed by atoms with Crippen molar-refractivity contribution in [2.75, 3.05) is 5.32 Å². The number of hydrogen-bond donors (Lipinski definition) is 2. The second-order valence-electron chi connectivity index (χ2n) is 6.46. The zero-order chi connectivity index (χ0) is 19.4. The van der Waals surface area contributed by atoms with Crippen LogP contribution in [-0.2, 0) is 4.79 Å². The Balaban J connectivity index is 1.61. The first kappa shape index (κ1) is 19.4. The van der Waals surface area contributed by atoms with Crippen molar-refractivity contribution < 1.29 is 9.59 Å². The number of hydrazone groups is 1. The molecule has 5 nitrogen and oxygen atoms in total. The number of rotatable bonds is 5. The van der Waals surface area contributed by atoms with E-state index in [1.165, 1.54) is 6.07 Å². The van der Waals surface area contributed by atoms with Crippen molar-refractivity contribution in [2.45, 2.75) is 26.2 Å². The molecule has 0 spiro atoms. The van der Waals surface area contributed by atoms with Crippen LogP contribution in [0.25, 0.3) is 0 Å². The Morgan fingerprint density at radius 1 is 1.07 bits per heavy atom. The summed E-state index contributed by atoms with van der Waals surface area (Å²) in [6.45, 7) is 1.78. The summed E-state index contributed by atoms with van der Waals surface area (Å²) in [5, 5.41) is 7.75. The van der Waals surface area contributed by atoms with Crippen molar-refractivity contribution in [1.29, 1.82) is 0 Å². The minimum absolute atomic E-state index is 0.0755. The second-order valence-corrected chi connectivity index (χ2v) is 7.30. The molecule has 2 amide bonds. The van der Waals surface area contributed by atoms with Gasteiger partial charge in [-0.3, -0.25) is 9.59 Å². The largest absolute Gasteiger partial charge is 0.326 e. The average molecular weight is 404 g/mol. The van der Waals surface area contributed by atoms with E-state index < -0.39 is 5.91 Å². The highest BCUT2D eigenvalue weighted by Gasteiger charge is 2.25. The number of halogens is 2. The van der Waals surface area contributed by atoms with Crippen LogP contribution in [0.2, 0.25) is 10.0 Å². The molecule has 1 fully saturated rings. The molecule has 0 saturated heterocycles. The summed E-state index contributed by atoms with van der Waals surface area (Å²) in [5.74, 6) is -0.199. The minimum atomic E-state index is -0.416. The Kier molecular flexibility index (Phi) is 6.14. The quantitative estimate of drug-likeness (QED) is 0.551. The van der Waals surface area contributed by atoms with Gasteiger partial charge >= 0.3 is 0 Å². The van der Waals surface area contributed by atoms with Gasteiger partial charge in [0.1, 0.15) is 0 Å². The molecule has 27 heavy (non-hydrogen) atoms. The van der Waals surface area contributed by atoms with Crippen LogP contribution in [0.15, 0.2) is 47.6 Å². The van der Waals surface area contributed by atoms with Crippen LogP contribution in [0, 0.1) is 5.92 Å². The topological polar surface area (TPSA) is 70.6 Å². The van der Waals surface area contributed by atoms with Crippen LogP contribution >= 0.6 is 23.2 Å². The highest BCUT2D eigenvalue weighted by molar-refractivity contribution is 6.36. The zero-order valence-corrected chi connectivity index (χ0v) is 16.3. The SMILES string of the molecule is CC(=NNC(=O)c1ccc(Cl)cc1Cl)c1ccc(NC(=O)C2CCC2)cc1. The van der Waals surface area contributed by atoms with Crippen LogP contribution in [0.4, 0.5) is 5.69 Å². The smallest absolute Gasteiger partial charge is 0.272 e. The molecule has 2 N–H and O–H groups in total. The summed E-state index contributed by atoms with van der Waals surface area (Å²) in [4.78, 5) is 24.2. The van der Waals surface area contributed by atoms with Gasteiger partial charge in [-0.1, -0.05) is 41.8 Å². The Morgan fingerprint density at radius 2 is 1.78 bits per heavy atom. The summed E-state index contributed by atoms with van der Waals surface area (Å²) in [6.07, 6.45) is 3.06. The summed E-state index contributed by atoms with van der Waals surface area (Å²) in [6, 6.07) is 12.0. The van der Waals surface area contributed by atoms with Gasteiger partial charge in [-0.25, -0.2) is 5.43 Å². The maximum absolute atomic E-state index is 12.2. The van der Waals surface area contributed by atoms with Gasteiger partial charge in [-0.15, -0.1) is 0 Å². The van der Waals surface area contributed by atoms with Crippen molar-refractivity contribution in [3.63, 3.8) is 0 Å². The molecule has 1 aliphatic carbocycles. The van der Waals surface area contributed by atoms with Crippen LogP contribution < -0.4 is 10.7 Å². The maximum Gasteiger partial charge on any atom is 0.272 e. The number of amides is 2. The van der Waals surface area contributed by atoms with Crippen molar-refractivity contribution in [2.24, 2.45) is 11.0 Å². The lowest BCUT2D eigenvalue weighted by Gasteiger charge is -2.24. The summed E-state index contributed by atoms with van der Waals surface area (Å²) < 4.78 is 0. The van der Waals surface area contributed by atoms with Crippen LogP contribution in [-0.4, -0.2) is 17.5 Å². The Labute approximate surface area is 167 Å². The molecule has 2 aromatic carbocycles. The van der Waals surface area contributed by atoms with E-state index in [-0.39, 0.29) is 16.8 Å². The number of nitrogens with zero attached hydrogens (tertiary/aromatic N) is 1. The van der Waals surface area contributed by atoms with Gasteiger partial charge in [0.05, 0.1) is 16.3 Å². The predicted molar refractivity (Wildman–Crippen MR) is 109 cm³/mol. The van der Waals surface area contributed by atoms with Gasteiger partial charge in [0.25, 0.3) is 5.91 Å². The molecule has 1 saturated carbocycles. The molecule has 0 aromatic heterocycles. The van der Waals surface area contributed by atoms with Gasteiger partial charge in [0.2, 0.25) is 5.91 Å². The van der Waals surface area contributed by atoms with Gasteiger partial charge in [-0.2, -0.15) is 5.10 Å². The van der Waals surface area contributed by atoms with Crippen molar-refractivity contribution >= 4 is 46.4 Å². The minimum Gasteiger partial charge on any atom is -0.326 e. The lowest BCUT2D eigenvalue weighted by molar-refractivity contribution is -0.122. The van der Waals surface area contributed by atoms with Crippen molar-refractivity contribution in [1.82, 2.24) is 5.43 Å². The monoisotopic (exact) mass is 403 g/mol. The molecule has 3 rings (SSSR count). The second kappa shape index (κ2) is 8.55. The number of carbonyl (C=O) groups is 2. The lowest BCUT2D eigenvalue weighted by atomic mass is 9.85. The number of hydrogen-bond acceptors (Lipinski definition) is 3. The molecular formula is C20H19Cl2N3O2. The number of benzene rings is 2. The molecular weight excluding hydrogens is 385 g/mol. The normalized spacial score (nSPS) is 14.4. The highest BCUT2D eigenvalue weighted by Crippen LogP contribution is 2.27. The molecule has 0 atom stereocenters. The third-order valence-corrected chi connectivity index (χ3v) is 5.09. The molecule has 2 aromatic rings. The van der Waals surface area contributed by atoms with Gasteiger partial charge in [0, 0.05) is 16.6 Å². The van der Waals surface area contributed by atoms with Crippen LogP contribution in [0.3, 0.4) is 0 Å². The van der Waals surface area contributed by atoms with E-state index in [1.54, 1.807) is 19.1 Å². The standard InChI is InChI=1S/C20H19Cl2N3O2/c1-12(24-25-20(27)17-10-7-15(21)11-18(17)22)13-5-8-16(9-6-13)23-19(26)14-3-2-4-14/h5-11,14H,2-4H2,1H3,(H,23,26)(H,25,27). The van der Waals surface area contributed by atoms with E-state index in [0.717, 1.165) is 30.5 Å². The molecule has 0 bridgehead atoms. The van der Waals surface area contributed by atoms with E-state index in [0.29, 0.717) is 16.3 Å². The van der Waals surface area contributed by atoms with E-state index in [2.05, 4.69) is 15.8 Å². The summed E-state index contributed by atoms with van der Waals surface area (Å²) in [5.41, 5.74) is 5.00. The van der Waals surface area contributed by atoms with Gasteiger partial charge in [0.15, 0.2) is 0 Å². The molecule has 0 radical (unpaired) electrons. The van der Waals surface area contributed by atoms with E-state index in [9.17, 15) is 9.59 Å². The van der Waals surface area contributed by atoms with Crippen LogP contribution in [0.1, 0.15) is 42.1 Å². The first-order chi connectivity index (χ1) is 12.9. The predicted octanol–water partition coefficient (Wildman–Crippen LogP) is 4.89. The van der Waals surface area contributed by atoms with Gasteiger partial charge < -0.3 is 5.32 Å². The van der Waals surface area contributed by atoms with E-state index in [1.807, 2.05) is 24.3 Å². The number of anilines is 1. The maximum atomic E-state index is 12.2. The van der Waals surface area contributed by atoms with Crippen molar-refractivity contribution in [3.05, 3.63) is 63.6 Å². The Morgan fingerprint density at radius 3 is 2.37 bits per heavy atom. The molecule has 0 heterocycles.